The van der Waals surface area contributed by atoms with Gasteiger partial charge in [-0.25, -0.2) is 0 Å². The lowest BCUT2D eigenvalue weighted by Gasteiger charge is -2.33. The Labute approximate surface area is 414 Å². The highest BCUT2D eigenvalue weighted by Gasteiger charge is 2.21. The molecule has 1 heterocycles. The van der Waals surface area contributed by atoms with E-state index in [0.29, 0.717) is 164 Å². The number of ketones is 1. The molecule has 69 heavy (non-hydrogen) atoms. The molecule has 1 fully saturated rings. The molecule has 0 radical (unpaired) electrons. The van der Waals surface area contributed by atoms with Gasteiger partial charge >= 0.3 is 17.9 Å². The van der Waals surface area contributed by atoms with Gasteiger partial charge in [0.1, 0.15) is 0 Å². The van der Waals surface area contributed by atoms with Crippen LogP contribution in [-0.4, -0.2) is 239 Å². The molecule has 20 nitrogen and oxygen atoms in total. The van der Waals surface area contributed by atoms with Crippen LogP contribution in [-0.2, 0) is 58.9 Å². The lowest BCUT2D eigenvalue weighted by Crippen LogP contribution is -2.48. The van der Waals surface area contributed by atoms with Crippen molar-refractivity contribution in [3.8, 4) is 0 Å². The number of thiocarbonyl (C=S) groups is 1. The summed E-state index contributed by atoms with van der Waals surface area (Å²) in [4.78, 5) is 69.0. The molecule has 394 valence electrons. The van der Waals surface area contributed by atoms with Crippen LogP contribution < -0.4 is 5.32 Å². The van der Waals surface area contributed by atoms with Crippen molar-refractivity contribution in [2.24, 2.45) is 0 Å². The molecule has 2 rings (SSSR count). The van der Waals surface area contributed by atoms with E-state index in [4.69, 9.17) is 40.6 Å². The van der Waals surface area contributed by atoms with Gasteiger partial charge in [0.05, 0.1) is 84.0 Å². The Morgan fingerprint density at radius 2 is 0.942 bits per heavy atom. The van der Waals surface area contributed by atoms with E-state index in [-0.39, 0.29) is 37.9 Å². The van der Waals surface area contributed by atoms with Crippen LogP contribution in [0.2, 0.25) is 0 Å². The fourth-order valence-electron chi connectivity index (χ4n) is 7.20. The van der Waals surface area contributed by atoms with Crippen LogP contribution in [0.15, 0.2) is 24.3 Å². The molecule has 0 unspecified atom stereocenters. The zero-order chi connectivity index (χ0) is 50.3. The van der Waals surface area contributed by atoms with Crippen molar-refractivity contribution < 1.29 is 67.7 Å². The van der Waals surface area contributed by atoms with E-state index in [1.54, 1.807) is 9.80 Å². The maximum atomic E-state index is 12.5. The van der Waals surface area contributed by atoms with E-state index in [2.05, 4.69) is 17.1 Å². The summed E-state index contributed by atoms with van der Waals surface area (Å²) in [5.74, 6) is -2.98. The number of ether oxygens (including phenoxy) is 6. The molecule has 0 atom stereocenters. The van der Waals surface area contributed by atoms with Crippen LogP contribution in [0.25, 0.3) is 0 Å². The predicted octanol–water partition coefficient (Wildman–Crippen LogP) is 3.06. The summed E-state index contributed by atoms with van der Waals surface area (Å²) in [6.45, 7) is 14.0. The first-order valence-electron chi connectivity index (χ1n) is 24.5. The Balaban J connectivity index is 1.54. The Morgan fingerprint density at radius 1 is 0.551 bits per heavy atom. The van der Waals surface area contributed by atoms with Crippen LogP contribution in [0.3, 0.4) is 0 Å². The van der Waals surface area contributed by atoms with E-state index in [1.807, 2.05) is 34.1 Å². The molecule has 1 amide bonds. The van der Waals surface area contributed by atoms with Gasteiger partial charge in [-0.05, 0) is 62.6 Å². The van der Waals surface area contributed by atoms with Gasteiger partial charge in [0, 0.05) is 111 Å². The van der Waals surface area contributed by atoms with Gasteiger partial charge < -0.3 is 54.0 Å². The number of benzene rings is 1. The molecule has 4 N–H and O–H groups in total. The zero-order valence-electron chi connectivity index (χ0n) is 41.3. The summed E-state index contributed by atoms with van der Waals surface area (Å²) < 4.78 is 33.3. The number of nitrogens with one attached hydrogen (secondary N) is 1. The number of aliphatic carboxylic acids is 3. The third kappa shape index (κ3) is 34.3. The molecule has 1 saturated heterocycles. The number of carbonyl (C=O) groups is 5. The molecule has 0 saturated carbocycles. The van der Waals surface area contributed by atoms with Gasteiger partial charge in [0.2, 0.25) is 5.91 Å². The lowest BCUT2D eigenvalue weighted by atomic mass is 10.1. The van der Waals surface area contributed by atoms with Crippen molar-refractivity contribution in [1.29, 1.82) is 0 Å². The second kappa shape index (κ2) is 39.9. The fraction of sp³-hybridized carbons (Fsp3) is 0.750. The highest BCUT2D eigenvalue weighted by molar-refractivity contribution is 7.80. The Hall–Kier alpha value is -3.74. The standard InChI is InChI=1S/C48H82N6O14S/c1-3-24-63-28-32-67-35-31-66-27-8-15-54(41(2)55)37-44(56)9-4-6-25-64-29-33-68-34-30-65-26-7-5-10-45(69)49-43-13-11-42(12-14-43)36-50-16-18-51(38-46(57)58)20-22-53(40-48(61)62)23-21-52(19-17-50)39-47(59)60/h11-14H,3-10,15-40H2,1-2H3,(H,49,69)(H,57,58)(H,59,60)(H,61,62). The molecule has 1 aromatic carbocycles. The minimum Gasteiger partial charge on any atom is -0.480 e. The largest absolute Gasteiger partial charge is 0.480 e. The van der Waals surface area contributed by atoms with Crippen LogP contribution >= 0.6 is 12.2 Å². The quantitative estimate of drug-likeness (QED) is 0.0549. The number of carboxylic acids is 3. The fourth-order valence-corrected chi connectivity index (χ4v) is 7.46. The van der Waals surface area contributed by atoms with E-state index >= 15 is 0 Å². The van der Waals surface area contributed by atoms with Crippen molar-refractivity contribution >= 4 is 52.5 Å². The van der Waals surface area contributed by atoms with Crippen molar-refractivity contribution in [3.05, 3.63) is 29.8 Å². The number of anilines is 1. The second-order valence-corrected chi connectivity index (χ2v) is 17.4. The van der Waals surface area contributed by atoms with Crippen LogP contribution in [0.1, 0.15) is 70.8 Å². The van der Waals surface area contributed by atoms with Gasteiger partial charge in [0.25, 0.3) is 0 Å². The Morgan fingerprint density at radius 3 is 1.36 bits per heavy atom. The molecule has 0 spiro atoms. The summed E-state index contributed by atoms with van der Waals surface area (Å²) in [5.41, 5.74) is 1.92. The van der Waals surface area contributed by atoms with E-state index in [1.165, 1.54) is 6.92 Å². The number of unbranched alkanes of at least 4 members (excludes halogenated alkanes) is 2. The first-order valence-corrected chi connectivity index (χ1v) is 24.9. The average molecular weight is 999 g/mol. The second-order valence-electron chi connectivity index (χ2n) is 17.0. The smallest absolute Gasteiger partial charge is 0.317 e. The average Bonchev–Trinajstić information content (AvgIpc) is 3.29. The summed E-state index contributed by atoms with van der Waals surface area (Å²) in [7, 11) is 0. The maximum Gasteiger partial charge on any atom is 0.317 e. The summed E-state index contributed by atoms with van der Waals surface area (Å²) >= 11 is 5.59. The molecule has 1 aromatic rings. The van der Waals surface area contributed by atoms with Crippen LogP contribution in [0.5, 0.6) is 0 Å². The first-order chi connectivity index (χ1) is 33.3. The molecule has 1 aliphatic rings. The Bertz CT molecular complexity index is 1550. The number of carboxylic acid groups (broad SMARTS) is 3. The number of hydrogen-bond donors (Lipinski definition) is 4. The number of Topliss-reactive ketones (excluding diaryl/α,β-unsaturated/α-hetero) is 1. The number of rotatable bonds is 39. The number of nitrogens with zero attached hydrogens (tertiary/aromatic N) is 5. The van der Waals surface area contributed by atoms with Gasteiger partial charge in [-0.1, -0.05) is 31.3 Å². The highest BCUT2D eigenvalue weighted by atomic mass is 32.1. The minimum atomic E-state index is -0.989. The minimum absolute atomic E-state index is 0.0358. The predicted molar refractivity (Wildman–Crippen MR) is 265 cm³/mol. The first kappa shape index (κ1) is 61.4. The van der Waals surface area contributed by atoms with E-state index in [0.717, 1.165) is 48.5 Å². The van der Waals surface area contributed by atoms with Gasteiger partial charge in [-0.15, -0.1) is 0 Å². The van der Waals surface area contributed by atoms with Crippen molar-refractivity contribution in [3.63, 3.8) is 0 Å². The molecule has 0 aliphatic carbocycles. The molecule has 1 aliphatic heterocycles. The number of hydrogen-bond acceptors (Lipinski definition) is 16. The van der Waals surface area contributed by atoms with Crippen LogP contribution in [0.4, 0.5) is 5.69 Å². The number of amides is 1. The topological polar surface area (TPSA) is 230 Å². The third-order valence-electron chi connectivity index (χ3n) is 11.0. The van der Waals surface area contributed by atoms with Crippen molar-refractivity contribution in [2.45, 2.75) is 71.8 Å². The van der Waals surface area contributed by atoms with Gasteiger partial charge in [-0.3, -0.25) is 43.6 Å². The third-order valence-corrected chi connectivity index (χ3v) is 11.3. The van der Waals surface area contributed by atoms with Crippen LogP contribution in [0, 0.1) is 0 Å². The van der Waals surface area contributed by atoms with E-state index in [9.17, 15) is 39.3 Å². The van der Waals surface area contributed by atoms with Crippen molar-refractivity contribution in [1.82, 2.24) is 24.5 Å². The molecule has 0 bridgehead atoms. The monoisotopic (exact) mass is 999 g/mol. The molecule has 0 aromatic heterocycles. The Kier molecular flexibility index (Phi) is 35.5. The molecular weight excluding hydrogens is 917 g/mol. The summed E-state index contributed by atoms with van der Waals surface area (Å²) in [6.07, 6.45) is 5.92. The van der Waals surface area contributed by atoms with Crippen molar-refractivity contribution in [2.75, 3.05) is 170 Å². The number of carbonyl (C=O) groups excluding carboxylic acids is 2. The maximum absolute atomic E-state index is 12.5. The molecular formula is C48H82N6O14S. The molecule has 21 heteroatoms. The lowest BCUT2D eigenvalue weighted by molar-refractivity contribution is -0.140. The zero-order valence-corrected chi connectivity index (χ0v) is 42.1. The summed E-state index contributed by atoms with van der Waals surface area (Å²) in [6, 6.07) is 7.97. The van der Waals surface area contributed by atoms with E-state index < -0.39 is 17.9 Å². The summed E-state index contributed by atoms with van der Waals surface area (Å²) in [5, 5.41) is 31.7. The SMILES string of the molecule is CCCOCCOCCOCCCN(CC(=O)CCCCOCCOCCOCCCCC(=S)Nc1ccc(CN2CCN(CC(=O)O)CCN(CC(=O)O)CCN(CC(=O)O)CC2)cc1)C(C)=O. The van der Waals surface area contributed by atoms with Gasteiger partial charge in [0.15, 0.2) is 5.78 Å². The normalized spacial score (nSPS) is 14.8. The highest BCUT2D eigenvalue weighted by Crippen LogP contribution is 2.14. The van der Waals surface area contributed by atoms with Gasteiger partial charge in [-0.2, -0.15) is 0 Å².